The molecule has 1 saturated carbocycles. The Morgan fingerprint density at radius 1 is 1.62 bits per heavy atom. The average Bonchev–Trinajstić information content (AvgIpc) is 2.54. The van der Waals surface area contributed by atoms with Gasteiger partial charge in [0.05, 0.1) is 11.9 Å². The number of nitrogens with zero attached hydrogens (tertiary/aromatic N) is 1. The summed E-state index contributed by atoms with van der Waals surface area (Å²) in [6.07, 6.45) is 5.08. The second-order valence-electron chi connectivity index (χ2n) is 5.00. The summed E-state index contributed by atoms with van der Waals surface area (Å²) >= 11 is 5.92. The Bertz CT molecular complexity index is 441. The second-order valence-corrected chi connectivity index (χ2v) is 5.38. The normalized spacial score (nSPS) is 23.3. The van der Waals surface area contributed by atoms with Crippen molar-refractivity contribution in [1.82, 2.24) is 10.2 Å². The summed E-state index contributed by atoms with van der Waals surface area (Å²) in [5, 5.41) is 9.58. The molecule has 1 atom stereocenters. The van der Waals surface area contributed by atoms with E-state index in [1.54, 1.807) is 6.20 Å². The third kappa shape index (κ3) is 2.07. The van der Waals surface area contributed by atoms with Crippen molar-refractivity contribution in [3.05, 3.63) is 21.6 Å². The van der Waals surface area contributed by atoms with Crippen LogP contribution in [0.4, 0.5) is 5.69 Å². The first-order chi connectivity index (χ1) is 7.50. The highest BCUT2D eigenvalue weighted by Crippen LogP contribution is 2.39. The Balaban J connectivity index is 2.21. The van der Waals surface area contributed by atoms with E-state index < -0.39 is 0 Å². The molecule has 1 fully saturated rings. The minimum absolute atomic E-state index is 0.192. The standard InChI is InChI=1S/C11H16ClN3O/c1-11(2)5-3-4-8(11)14-7-6-13-15-10(16)9(7)12/h6,8H,3-5H2,1-2H3,(H2,14,15,16). The molecule has 2 rings (SSSR count). The summed E-state index contributed by atoms with van der Waals surface area (Å²) < 4.78 is 0. The first-order valence-corrected chi connectivity index (χ1v) is 5.88. The van der Waals surface area contributed by atoms with Crippen LogP contribution in [0.25, 0.3) is 0 Å². The Hall–Kier alpha value is -1.03. The number of aromatic nitrogens is 2. The second kappa shape index (κ2) is 4.09. The SMILES string of the molecule is CC1(C)CCCC1Nc1cn[nH]c(=O)c1Cl. The van der Waals surface area contributed by atoms with Crippen molar-refractivity contribution in [1.29, 1.82) is 0 Å². The molecule has 1 aliphatic rings. The van der Waals surface area contributed by atoms with E-state index >= 15 is 0 Å². The van der Waals surface area contributed by atoms with Gasteiger partial charge < -0.3 is 5.32 Å². The van der Waals surface area contributed by atoms with E-state index in [0.717, 1.165) is 6.42 Å². The van der Waals surface area contributed by atoms with Crippen molar-refractivity contribution in [2.24, 2.45) is 5.41 Å². The van der Waals surface area contributed by atoms with Gasteiger partial charge in [0.15, 0.2) is 0 Å². The highest BCUT2D eigenvalue weighted by atomic mass is 35.5. The molecular formula is C11H16ClN3O. The van der Waals surface area contributed by atoms with Crippen LogP contribution >= 0.6 is 11.6 Å². The van der Waals surface area contributed by atoms with Crippen LogP contribution in [0, 0.1) is 5.41 Å². The zero-order valence-electron chi connectivity index (χ0n) is 9.51. The van der Waals surface area contributed by atoms with Gasteiger partial charge in [0, 0.05) is 6.04 Å². The molecule has 0 spiro atoms. The van der Waals surface area contributed by atoms with E-state index in [1.807, 2.05) is 0 Å². The Labute approximate surface area is 99.4 Å². The van der Waals surface area contributed by atoms with E-state index in [0.29, 0.717) is 11.7 Å². The maximum atomic E-state index is 11.3. The lowest BCUT2D eigenvalue weighted by Gasteiger charge is -2.28. The van der Waals surface area contributed by atoms with Crippen molar-refractivity contribution in [3.63, 3.8) is 0 Å². The molecule has 0 saturated heterocycles. The van der Waals surface area contributed by atoms with Crippen LogP contribution < -0.4 is 10.9 Å². The van der Waals surface area contributed by atoms with Crippen LogP contribution in [0.15, 0.2) is 11.0 Å². The molecule has 0 radical (unpaired) electrons. The molecule has 4 nitrogen and oxygen atoms in total. The molecule has 1 aliphatic carbocycles. The van der Waals surface area contributed by atoms with Crippen LogP contribution in [0.3, 0.4) is 0 Å². The summed E-state index contributed by atoms with van der Waals surface area (Å²) in [5.74, 6) is 0. The number of rotatable bonds is 2. The molecule has 0 amide bonds. The van der Waals surface area contributed by atoms with Crippen molar-refractivity contribution in [3.8, 4) is 0 Å². The summed E-state index contributed by atoms with van der Waals surface area (Å²) in [5.41, 5.74) is 0.527. The average molecular weight is 242 g/mol. The third-order valence-corrected chi connectivity index (χ3v) is 3.76. The lowest BCUT2D eigenvalue weighted by Crippen LogP contribution is -2.31. The minimum Gasteiger partial charge on any atom is -0.379 e. The molecule has 1 heterocycles. The fourth-order valence-electron chi connectivity index (χ4n) is 2.27. The molecule has 0 bridgehead atoms. The van der Waals surface area contributed by atoms with Gasteiger partial charge in [-0.15, -0.1) is 0 Å². The predicted octanol–water partition coefficient (Wildman–Crippen LogP) is 2.41. The summed E-state index contributed by atoms with van der Waals surface area (Å²) in [6, 6.07) is 0.355. The zero-order valence-corrected chi connectivity index (χ0v) is 10.3. The zero-order chi connectivity index (χ0) is 11.8. The van der Waals surface area contributed by atoms with Crippen molar-refractivity contribution >= 4 is 17.3 Å². The van der Waals surface area contributed by atoms with E-state index in [9.17, 15) is 4.79 Å². The molecule has 1 aromatic heterocycles. The molecule has 0 aliphatic heterocycles. The van der Waals surface area contributed by atoms with Gasteiger partial charge in [0.1, 0.15) is 5.02 Å². The van der Waals surface area contributed by atoms with Crippen LogP contribution in [0.2, 0.25) is 5.02 Å². The summed E-state index contributed by atoms with van der Waals surface area (Å²) in [6.45, 7) is 4.46. The third-order valence-electron chi connectivity index (χ3n) is 3.38. The van der Waals surface area contributed by atoms with Gasteiger partial charge in [-0.3, -0.25) is 4.79 Å². The Kier molecular flexibility index (Phi) is 2.93. The van der Waals surface area contributed by atoms with Crippen molar-refractivity contribution < 1.29 is 0 Å². The molecular weight excluding hydrogens is 226 g/mol. The number of halogens is 1. The van der Waals surface area contributed by atoms with Gasteiger partial charge in [-0.2, -0.15) is 5.10 Å². The maximum Gasteiger partial charge on any atom is 0.285 e. The number of H-pyrrole nitrogens is 1. The van der Waals surface area contributed by atoms with Gasteiger partial charge in [0.25, 0.3) is 5.56 Å². The number of aromatic amines is 1. The van der Waals surface area contributed by atoms with Gasteiger partial charge in [-0.25, -0.2) is 5.10 Å². The summed E-state index contributed by atoms with van der Waals surface area (Å²) in [4.78, 5) is 11.3. The van der Waals surface area contributed by atoms with E-state index in [4.69, 9.17) is 11.6 Å². The number of nitrogens with one attached hydrogen (secondary N) is 2. The molecule has 0 aromatic carbocycles. The quantitative estimate of drug-likeness (QED) is 0.836. The van der Waals surface area contributed by atoms with Crippen LogP contribution in [-0.2, 0) is 0 Å². The fraction of sp³-hybridized carbons (Fsp3) is 0.636. The smallest absolute Gasteiger partial charge is 0.285 e. The van der Waals surface area contributed by atoms with E-state index in [2.05, 4.69) is 29.4 Å². The highest BCUT2D eigenvalue weighted by Gasteiger charge is 2.34. The van der Waals surface area contributed by atoms with Gasteiger partial charge in [-0.05, 0) is 18.3 Å². The minimum atomic E-state index is -0.345. The van der Waals surface area contributed by atoms with Crippen molar-refractivity contribution in [2.75, 3.05) is 5.32 Å². The molecule has 16 heavy (non-hydrogen) atoms. The largest absolute Gasteiger partial charge is 0.379 e. The number of hydrogen-bond donors (Lipinski definition) is 2. The van der Waals surface area contributed by atoms with Gasteiger partial charge >= 0.3 is 0 Å². The van der Waals surface area contributed by atoms with E-state index in [-0.39, 0.29) is 16.0 Å². The first-order valence-electron chi connectivity index (χ1n) is 5.50. The Morgan fingerprint density at radius 3 is 3.00 bits per heavy atom. The van der Waals surface area contributed by atoms with Crippen LogP contribution in [-0.4, -0.2) is 16.2 Å². The molecule has 1 unspecified atom stereocenters. The molecule has 1 aromatic rings. The first kappa shape index (κ1) is 11.5. The maximum absolute atomic E-state index is 11.3. The van der Waals surface area contributed by atoms with Gasteiger partial charge in [0.2, 0.25) is 0 Å². The van der Waals surface area contributed by atoms with E-state index in [1.165, 1.54) is 12.8 Å². The fourth-order valence-corrected chi connectivity index (χ4v) is 2.41. The lowest BCUT2D eigenvalue weighted by molar-refractivity contribution is 0.350. The van der Waals surface area contributed by atoms with Gasteiger partial charge in [-0.1, -0.05) is 31.9 Å². The topological polar surface area (TPSA) is 57.8 Å². The number of anilines is 1. The van der Waals surface area contributed by atoms with Crippen molar-refractivity contribution in [2.45, 2.75) is 39.2 Å². The Morgan fingerprint density at radius 2 is 2.38 bits per heavy atom. The lowest BCUT2D eigenvalue weighted by atomic mass is 9.87. The monoisotopic (exact) mass is 241 g/mol. The highest BCUT2D eigenvalue weighted by molar-refractivity contribution is 6.32. The predicted molar refractivity (Wildman–Crippen MR) is 64.9 cm³/mol. The summed E-state index contributed by atoms with van der Waals surface area (Å²) in [7, 11) is 0. The number of hydrogen-bond acceptors (Lipinski definition) is 3. The molecule has 2 N–H and O–H groups in total. The molecule has 5 heteroatoms. The molecule has 88 valence electrons. The van der Waals surface area contributed by atoms with Crippen LogP contribution in [0.1, 0.15) is 33.1 Å². The van der Waals surface area contributed by atoms with Crippen LogP contribution in [0.5, 0.6) is 0 Å².